The minimum atomic E-state index is -1.12. The van der Waals surface area contributed by atoms with Crippen LogP contribution in [0.25, 0.3) is 6.08 Å². The maximum atomic E-state index is 11.9. The first-order valence-electron chi connectivity index (χ1n) is 6.82. The number of amidine groups is 1. The predicted molar refractivity (Wildman–Crippen MR) is 95.7 cm³/mol. The largest absolute Gasteiger partial charge is 0.493 e. The van der Waals surface area contributed by atoms with Crippen LogP contribution in [-0.4, -0.2) is 41.8 Å². The summed E-state index contributed by atoms with van der Waals surface area (Å²) in [6.07, 6.45) is 1.58. The number of methoxy groups -OCH3 is 1. The number of hydrogen-bond donors (Lipinski definition) is 2. The van der Waals surface area contributed by atoms with Crippen LogP contribution in [0.1, 0.15) is 12.5 Å². The molecule has 0 fully saturated rings. The average Bonchev–Trinajstić information content (AvgIpc) is 2.84. The summed E-state index contributed by atoms with van der Waals surface area (Å²) in [6, 6.07) is 3.25. The highest BCUT2D eigenvalue weighted by Gasteiger charge is 2.23. The van der Waals surface area contributed by atoms with Gasteiger partial charge in [0.25, 0.3) is 5.91 Å². The summed E-state index contributed by atoms with van der Waals surface area (Å²) >= 11 is 4.34. The second-order valence-corrected chi connectivity index (χ2v) is 6.62. The lowest BCUT2D eigenvalue weighted by Gasteiger charge is -2.12. The van der Waals surface area contributed by atoms with Crippen LogP contribution in [0.2, 0.25) is 0 Å². The van der Waals surface area contributed by atoms with Gasteiger partial charge in [-0.2, -0.15) is 4.99 Å². The van der Waals surface area contributed by atoms with Crippen LogP contribution in [0.3, 0.4) is 0 Å². The Balaban J connectivity index is 2.26. The van der Waals surface area contributed by atoms with E-state index in [4.69, 9.17) is 14.6 Å². The smallest absolute Gasteiger partial charge is 0.341 e. The van der Waals surface area contributed by atoms with E-state index < -0.39 is 18.5 Å². The topological polar surface area (TPSA) is 114 Å². The molecule has 0 aliphatic carbocycles. The molecule has 2 amide bonds. The van der Waals surface area contributed by atoms with Crippen LogP contribution >= 0.6 is 27.7 Å². The number of carbonyl (C=O) groups excluding carboxylic acids is 2. The molecule has 0 atom stereocenters. The van der Waals surface area contributed by atoms with Crippen molar-refractivity contribution in [2.24, 2.45) is 4.99 Å². The number of aliphatic carboxylic acids is 1. The van der Waals surface area contributed by atoms with E-state index in [1.807, 2.05) is 0 Å². The molecule has 0 saturated carbocycles. The molecule has 10 heteroatoms. The van der Waals surface area contributed by atoms with Crippen LogP contribution in [0.15, 0.2) is 26.5 Å². The zero-order valence-corrected chi connectivity index (χ0v) is 15.6. The molecule has 25 heavy (non-hydrogen) atoms. The molecule has 0 unspecified atom stereocenters. The van der Waals surface area contributed by atoms with Crippen molar-refractivity contribution >= 4 is 56.7 Å². The molecule has 1 aliphatic heterocycles. The minimum Gasteiger partial charge on any atom is -0.493 e. The molecular formula is C15H13BrN2O6S. The van der Waals surface area contributed by atoms with Crippen molar-refractivity contribution in [2.75, 3.05) is 13.7 Å². The van der Waals surface area contributed by atoms with E-state index in [1.54, 1.807) is 18.2 Å². The van der Waals surface area contributed by atoms with E-state index in [2.05, 4.69) is 26.2 Å². The number of halogens is 1. The lowest BCUT2D eigenvalue weighted by molar-refractivity contribution is -0.139. The number of thioether (sulfide) groups is 1. The Bertz CT molecular complexity index is 805. The standard InChI is InChI=1S/C15H13BrN2O6S/c1-7(19)17-15-18-14(22)11(25-15)5-8-3-9(16)13(10(4-8)23-2)24-6-12(20)21/h3-5H,6H2,1-2H3,(H,20,21)(H,17,18,19,22)/b11-5+. The number of nitrogens with one attached hydrogen (secondary N) is 1. The second kappa shape index (κ2) is 8.17. The van der Waals surface area contributed by atoms with E-state index in [9.17, 15) is 14.4 Å². The number of amides is 2. The average molecular weight is 429 g/mol. The summed E-state index contributed by atoms with van der Waals surface area (Å²) in [5.41, 5.74) is 0.613. The van der Waals surface area contributed by atoms with Gasteiger partial charge < -0.3 is 19.9 Å². The third-order valence-electron chi connectivity index (χ3n) is 2.79. The fourth-order valence-corrected chi connectivity index (χ4v) is 3.30. The molecular weight excluding hydrogens is 416 g/mol. The number of rotatable bonds is 5. The van der Waals surface area contributed by atoms with Gasteiger partial charge in [0.1, 0.15) is 0 Å². The summed E-state index contributed by atoms with van der Waals surface area (Å²) in [4.78, 5) is 37.7. The fourth-order valence-electron chi connectivity index (χ4n) is 1.86. The molecule has 1 aliphatic rings. The van der Waals surface area contributed by atoms with Gasteiger partial charge in [-0.25, -0.2) is 4.79 Å². The molecule has 8 nitrogen and oxygen atoms in total. The number of carboxylic acids is 1. The normalized spacial score (nSPS) is 15.1. The zero-order valence-electron chi connectivity index (χ0n) is 13.2. The Morgan fingerprint density at radius 3 is 2.76 bits per heavy atom. The summed E-state index contributed by atoms with van der Waals surface area (Å²) in [5.74, 6) is -1.34. The molecule has 1 heterocycles. The summed E-state index contributed by atoms with van der Waals surface area (Å²) in [5, 5.41) is 11.4. The first kappa shape index (κ1) is 19.0. The van der Waals surface area contributed by atoms with Crippen molar-refractivity contribution in [1.29, 1.82) is 0 Å². The lowest BCUT2D eigenvalue weighted by Crippen LogP contribution is -2.23. The van der Waals surface area contributed by atoms with Gasteiger partial charge >= 0.3 is 5.97 Å². The molecule has 0 radical (unpaired) electrons. The number of nitrogens with zero attached hydrogens (tertiary/aromatic N) is 1. The molecule has 2 rings (SSSR count). The number of ether oxygens (including phenoxy) is 2. The Labute approximate surface area is 155 Å². The van der Waals surface area contributed by atoms with Gasteiger partial charge in [-0.05, 0) is 51.5 Å². The Morgan fingerprint density at radius 1 is 1.44 bits per heavy atom. The molecule has 0 saturated heterocycles. The minimum absolute atomic E-state index is 0.219. The lowest BCUT2D eigenvalue weighted by atomic mass is 10.2. The van der Waals surface area contributed by atoms with Crippen molar-refractivity contribution < 1.29 is 29.0 Å². The van der Waals surface area contributed by atoms with Gasteiger partial charge in [-0.15, -0.1) is 0 Å². The highest BCUT2D eigenvalue weighted by molar-refractivity contribution is 9.10. The predicted octanol–water partition coefficient (Wildman–Crippen LogP) is 2.03. The van der Waals surface area contributed by atoms with Crippen molar-refractivity contribution in [3.8, 4) is 11.5 Å². The Hall–Kier alpha value is -2.33. The molecule has 1 aromatic rings. The SMILES string of the molecule is COc1cc(/C=C2/SC(NC(C)=O)=NC2=O)cc(Br)c1OCC(=O)O. The van der Waals surface area contributed by atoms with E-state index in [0.29, 0.717) is 20.7 Å². The third-order valence-corrected chi connectivity index (χ3v) is 4.28. The summed E-state index contributed by atoms with van der Waals surface area (Å²) in [7, 11) is 1.42. The van der Waals surface area contributed by atoms with Crippen LogP contribution < -0.4 is 14.8 Å². The molecule has 0 aromatic heterocycles. The number of carbonyl (C=O) groups is 3. The van der Waals surface area contributed by atoms with Crippen LogP contribution in [0.5, 0.6) is 11.5 Å². The maximum absolute atomic E-state index is 11.9. The van der Waals surface area contributed by atoms with E-state index in [0.717, 1.165) is 11.8 Å². The van der Waals surface area contributed by atoms with E-state index in [1.165, 1.54) is 14.0 Å². The van der Waals surface area contributed by atoms with Crippen LogP contribution in [0.4, 0.5) is 0 Å². The number of carboxylic acid groups (broad SMARTS) is 1. The number of benzene rings is 1. The molecule has 2 N–H and O–H groups in total. The third kappa shape index (κ3) is 5.07. The highest BCUT2D eigenvalue weighted by atomic mass is 79.9. The summed E-state index contributed by atoms with van der Waals surface area (Å²) in [6.45, 7) is 0.810. The van der Waals surface area contributed by atoms with Crippen molar-refractivity contribution in [1.82, 2.24) is 5.32 Å². The van der Waals surface area contributed by atoms with Gasteiger partial charge in [0.2, 0.25) is 5.91 Å². The molecule has 132 valence electrons. The maximum Gasteiger partial charge on any atom is 0.341 e. The van der Waals surface area contributed by atoms with E-state index in [-0.39, 0.29) is 16.8 Å². The van der Waals surface area contributed by atoms with Crippen LogP contribution in [0, 0.1) is 0 Å². The zero-order chi connectivity index (χ0) is 18.6. The Morgan fingerprint density at radius 2 is 2.16 bits per heavy atom. The van der Waals surface area contributed by atoms with Crippen molar-refractivity contribution in [3.63, 3.8) is 0 Å². The first-order chi connectivity index (χ1) is 11.8. The van der Waals surface area contributed by atoms with Gasteiger partial charge in [0, 0.05) is 6.92 Å². The van der Waals surface area contributed by atoms with Gasteiger partial charge in [-0.1, -0.05) is 0 Å². The van der Waals surface area contributed by atoms with Gasteiger partial charge in [0.15, 0.2) is 23.3 Å². The van der Waals surface area contributed by atoms with Crippen LogP contribution in [-0.2, 0) is 14.4 Å². The second-order valence-electron chi connectivity index (χ2n) is 4.73. The van der Waals surface area contributed by atoms with Crippen molar-refractivity contribution in [3.05, 3.63) is 27.1 Å². The Kier molecular flexibility index (Phi) is 6.21. The molecule has 1 aromatic carbocycles. The van der Waals surface area contributed by atoms with E-state index >= 15 is 0 Å². The van der Waals surface area contributed by atoms with Gasteiger partial charge in [-0.3, -0.25) is 9.59 Å². The highest BCUT2D eigenvalue weighted by Crippen LogP contribution is 2.38. The monoisotopic (exact) mass is 428 g/mol. The quantitative estimate of drug-likeness (QED) is 0.689. The first-order valence-corrected chi connectivity index (χ1v) is 8.43. The summed E-state index contributed by atoms with van der Waals surface area (Å²) < 4.78 is 10.9. The number of hydrogen-bond acceptors (Lipinski definition) is 6. The molecule has 0 bridgehead atoms. The molecule has 0 spiro atoms. The van der Waals surface area contributed by atoms with Crippen molar-refractivity contribution in [2.45, 2.75) is 6.92 Å². The van der Waals surface area contributed by atoms with Gasteiger partial charge in [0.05, 0.1) is 16.5 Å². The number of aliphatic imine (C=N–C) groups is 1. The fraction of sp³-hybridized carbons (Fsp3) is 0.200.